The van der Waals surface area contributed by atoms with Crippen LogP contribution < -0.4 is 10.9 Å². The van der Waals surface area contributed by atoms with Crippen molar-refractivity contribution in [3.8, 4) is 0 Å². The van der Waals surface area contributed by atoms with Crippen molar-refractivity contribution in [3.05, 3.63) is 39.9 Å². The highest BCUT2D eigenvalue weighted by Gasteiger charge is 2.16. The van der Waals surface area contributed by atoms with Crippen LogP contribution in [0.2, 0.25) is 0 Å². The van der Waals surface area contributed by atoms with Crippen molar-refractivity contribution in [2.24, 2.45) is 5.92 Å². The van der Waals surface area contributed by atoms with Gasteiger partial charge in [-0.25, -0.2) is 9.78 Å². The number of nitrogens with zero attached hydrogens (tertiary/aromatic N) is 2. The minimum absolute atomic E-state index is 0.0649. The van der Waals surface area contributed by atoms with Crippen LogP contribution in [0.25, 0.3) is 10.9 Å². The largest absolute Gasteiger partial charge is 0.452 e. The number of aromatic nitrogens is 2. The van der Waals surface area contributed by atoms with Gasteiger partial charge in [-0.2, -0.15) is 0 Å². The van der Waals surface area contributed by atoms with Gasteiger partial charge >= 0.3 is 5.97 Å². The normalized spacial score (nSPS) is 13.9. The van der Waals surface area contributed by atoms with E-state index in [1.54, 1.807) is 22.8 Å². The van der Waals surface area contributed by atoms with Gasteiger partial charge in [0, 0.05) is 19.5 Å². The number of benzene rings is 1. The molecule has 0 spiro atoms. The lowest BCUT2D eigenvalue weighted by Gasteiger charge is -2.11. The van der Waals surface area contributed by atoms with E-state index in [1.807, 2.05) is 13.8 Å². The van der Waals surface area contributed by atoms with Crippen molar-refractivity contribution < 1.29 is 14.3 Å². The third kappa shape index (κ3) is 4.53. The topological polar surface area (TPSA) is 90.3 Å². The highest BCUT2D eigenvalue weighted by atomic mass is 16.5. The quantitative estimate of drug-likeness (QED) is 0.813. The fourth-order valence-electron chi connectivity index (χ4n) is 3.13. The van der Waals surface area contributed by atoms with E-state index in [0.29, 0.717) is 29.9 Å². The average molecular weight is 371 g/mol. The predicted octanol–water partition coefficient (Wildman–Crippen LogP) is 2.05. The molecular weight excluding hydrogens is 346 g/mol. The number of ether oxygens (including phenoxy) is 1. The molecule has 0 radical (unpaired) electrons. The van der Waals surface area contributed by atoms with Crippen LogP contribution >= 0.6 is 0 Å². The summed E-state index contributed by atoms with van der Waals surface area (Å²) < 4.78 is 6.81. The number of fused-ring (bicyclic) bond motifs is 2. The zero-order chi connectivity index (χ0) is 19.4. The Bertz CT molecular complexity index is 917. The SMILES string of the molecule is CC(C)CNC(=O)COC(=O)c1ccc2c(=O)n3c(nc2c1)CCCCC3. The van der Waals surface area contributed by atoms with E-state index >= 15 is 0 Å². The van der Waals surface area contributed by atoms with E-state index in [-0.39, 0.29) is 23.6 Å². The lowest BCUT2D eigenvalue weighted by Crippen LogP contribution is -2.31. The van der Waals surface area contributed by atoms with Crippen LogP contribution in [0.3, 0.4) is 0 Å². The molecular formula is C20H25N3O4. The van der Waals surface area contributed by atoms with Crippen molar-refractivity contribution in [1.29, 1.82) is 0 Å². The Morgan fingerprint density at radius 2 is 2.07 bits per heavy atom. The van der Waals surface area contributed by atoms with Gasteiger partial charge in [-0.3, -0.25) is 14.2 Å². The molecule has 144 valence electrons. The lowest BCUT2D eigenvalue weighted by molar-refractivity contribution is -0.124. The number of amides is 1. The van der Waals surface area contributed by atoms with Crippen LogP contribution in [-0.2, 0) is 22.5 Å². The summed E-state index contributed by atoms with van der Waals surface area (Å²) in [7, 11) is 0. The van der Waals surface area contributed by atoms with E-state index in [1.165, 1.54) is 0 Å². The van der Waals surface area contributed by atoms with Gasteiger partial charge < -0.3 is 10.1 Å². The van der Waals surface area contributed by atoms with E-state index in [4.69, 9.17) is 4.74 Å². The molecule has 3 rings (SSSR count). The van der Waals surface area contributed by atoms with Crippen LogP contribution in [0.4, 0.5) is 0 Å². The first kappa shape index (κ1) is 19.1. The maximum Gasteiger partial charge on any atom is 0.338 e. The summed E-state index contributed by atoms with van der Waals surface area (Å²) in [5.74, 6) is 0.155. The molecule has 0 atom stereocenters. The van der Waals surface area contributed by atoms with Crippen LogP contribution in [0.5, 0.6) is 0 Å². The Morgan fingerprint density at radius 3 is 2.85 bits per heavy atom. The molecule has 1 aromatic heterocycles. The highest BCUT2D eigenvalue weighted by Crippen LogP contribution is 2.16. The van der Waals surface area contributed by atoms with Gasteiger partial charge in [0.15, 0.2) is 6.61 Å². The second-order valence-electron chi connectivity index (χ2n) is 7.30. The van der Waals surface area contributed by atoms with Crippen molar-refractivity contribution in [1.82, 2.24) is 14.9 Å². The first-order chi connectivity index (χ1) is 13.0. The summed E-state index contributed by atoms with van der Waals surface area (Å²) in [6.07, 6.45) is 3.82. The van der Waals surface area contributed by atoms with Crippen LogP contribution in [0.15, 0.2) is 23.0 Å². The van der Waals surface area contributed by atoms with Crippen LogP contribution in [0, 0.1) is 5.92 Å². The fourth-order valence-corrected chi connectivity index (χ4v) is 3.13. The van der Waals surface area contributed by atoms with Crippen molar-refractivity contribution >= 4 is 22.8 Å². The third-order valence-corrected chi connectivity index (χ3v) is 4.59. The van der Waals surface area contributed by atoms with E-state index in [9.17, 15) is 14.4 Å². The lowest BCUT2D eigenvalue weighted by atomic mass is 10.1. The van der Waals surface area contributed by atoms with Gasteiger partial charge in [0.05, 0.1) is 16.5 Å². The van der Waals surface area contributed by atoms with Gasteiger partial charge in [0.1, 0.15) is 5.82 Å². The molecule has 0 saturated carbocycles. The molecule has 0 unspecified atom stereocenters. The van der Waals surface area contributed by atoms with Crippen molar-refractivity contribution in [3.63, 3.8) is 0 Å². The molecule has 0 saturated heterocycles. The monoisotopic (exact) mass is 371 g/mol. The van der Waals surface area contributed by atoms with Gasteiger partial charge in [0.25, 0.3) is 11.5 Å². The Hall–Kier alpha value is -2.70. The summed E-state index contributed by atoms with van der Waals surface area (Å²) in [5.41, 5.74) is 0.710. The molecule has 1 aliphatic heterocycles. The summed E-state index contributed by atoms with van der Waals surface area (Å²) in [4.78, 5) is 41.2. The average Bonchev–Trinajstić information content (AvgIpc) is 2.89. The summed E-state index contributed by atoms with van der Waals surface area (Å²) >= 11 is 0. The number of aryl methyl sites for hydroxylation is 1. The second-order valence-corrected chi connectivity index (χ2v) is 7.30. The van der Waals surface area contributed by atoms with Gasteiger partial charge in [0.2, 0.25) is 0 Å². The molecule has 1 aliphatic rings. The molecule has 7 nitrogen and oxygen atoms in total. The molecule has 1 N–H and O–H groups in total. The van der Waals surface area contributed by atoms with Crippen molar-refractivity contribution in [2.75, 3.05) is 13.2 Å². The number of carbonyl (C=O) groups is 2. The van der Waals surface area contributed by atoms with Gasteiger partial charge in [-0.15, -0.1) is 0 Å². The predicted molar refractivity (Wildman–Crippen MR) is 102 cm³/mol. The van der Waals surface area contributed by atoms with Gasteiger partial charge in [-0.05, 0) is 37.0 Å². The van der Waals surface area contributed by atoms with Crippen LogP contribution in [-0.4, -0.2) is 34.6 Å². The maximum absolute atomic E-state index is 12.7. The van der Waals surface area contributed by atoms with Crippen molar-refractivity contribution in [2.45, 2.75) is 46.1 Å². The first-order valence-electron chi connectivity index (χ1n) is 9.43. The fraction of sp³-hybridized carbons (Fsp3) is 0.500. The first-order valence-corrected chi connectivity index (χ1v) is 9.43. The number of rotatable bonds is 5. The second kappa shape index (κ2) is 8.33. The zero-order valence-electron chi connectivity index (χ0n) is 15.8. The van der Waals surface area contributed by atoms with Crippen LogP contribution in [0.1, 0.15) is 49.3 Å². The molecule has 0 bridgehead atoms. The van der Waals surface area contributed by atoms with E-state index in [2.05, 4.69) is 10.3 Å². The minimum Gasteiger partial charge on any atom is -0.452 e. The summed E-state index contributed by atoms with van der Waals surface area (Å²) in [6, 6.07) is 4.72. The Labute approximate surface area is 157 Å². The highest BCUT2D eigenvalue weighted by molar-refractivity contribution is 5.95. The molecule has 2 aromatic rings. The number of esters is 1. The molecule has 1 amide bonds. The van der Waals surface area contributed by atoms with Gasteiger partial charge in [-0.1, -0.05) is 20.3 Å². The van der Waals surface area contributed by atoms with E-state index < -0.39 is 5.97 Å². The van der Waals surface area contributed by atoms with E-state index in [0.717, 1.165) is 31.5 Å². The molecule has 7 heteroatoms. The number of hydrogen-bond acceptors (Lipinski definition) is 5. The Kier molecular flexibility index (Phi) is 5.88. The smallest absolute Gasteiger partial charge is 0.338 e. The third-order valence-electron chi connectivity index (χ3n) is 4.59. The maximum atomic E-state index is 12.7. The summed E-state index contributed by atoms with van der Waals surface area (Å²) in [5, 5.41) is 3.19. The Morgan fingerprint density at radius 1 is 1.26 bits per heavy atom. The molecule has 0 fully saturated rings. The molecule has 2 heterocycles. The number of carbonyl (C=O) groups excluding carboxylic acids is 2. The summed E-state index contributed by atoms with van der Waals surface area (Å²) in [6.45, 7) is 4.86. The zero-order valence-corrected chi connectivity index (χ0v) is 15.8. The Balaban J connectivity index is 1.77. The standard InChI is InChI=1S/C20H25N3O4/c1-13(2)11-21-18(24)12-27-20(26)14-7-8-15-16(10-14)22-17-6-4-3-5-9-23(17)19(15)25/h7-8,10,13H,3-6,9,11-12H2,1-2H3,(H,21,24). The molecule has 1 aromatic carbocycles. The number of nitrogens with one attached hydrogen (secondary N) is 1. The molecule has 27 heavy (non-hydrogen) atoms. The minimum atomic E-state index is -0.603. The molecule has 0 aliphatic carbocycles. The number of hydrogen-bond donors (Lipinski definition) is 1.